The van der Waals surface area contributed by atoms with Crippen molar-refractivity contribution in [2.75, 3.05) is 32.0 Å². The van der Waals surface area contributed by atoms with E-state index < -0.39 is 17.1 Å². The Morgan fingerprint density at radius 1 is 0.673 bits per heavy atom. The van der Waals surface area contributed by atoms with Gasteiger partial charge in [-0.1, -0.05) is 72.8 Å². The predicted octanol–water partition coefficient (Wildman–Crippen LogP) is 7.59. The van der Waals surface area contributed by atoms with E-state index in [4.69, 9.17) is 14.2 Å². The van der Waals surface area contributed by atoms with E-state index in [9.17, 15) is 14.4 Å². The molecule has 0 spiro atoms. The fraction of sp³-hybridized carbons (Fsp3) is 0.103. The lowest BCUT2D eigenvalue weighted by atomic mass is 10.1. The summed E-state index contributed by atoms with van der Waals surface area (Å²) in [6.45, 7) is 0. The second kappa shape index (κ2) is 16.7. The van der Waals surface area contributed by atoms with E-state index in [2.05, 4.69) is 16.0 Å². The Hall–Kier alpha value is -6.00. The maximum absolute atomic E-state index is 13.8. The molecule has 1 atom stereocenters. The minimum atomic E-state index is -0.612. The molecule has 0 saturated heterocycles. The normalized spacial score (nSPS) is 11.5. The number of nitrogens with one attached hydrogen (secondary N) is 3. The van der Waals surface area contributed by atoms with Crippen molar-refractivity contribution >= 4 is 46.9 Å². The second-order valence-corrected chi connectivity index (χ2v) is 11.8. The van der Waals surface area contributed by atoms with Crippen LogP contribution in [-0.4, -0.2) is 39.1 Å². The minimum Gasteiger partial charge on any atom is -0.497 e. The standard InChI is InChI=1S/C39H35N3O6S/c1-46-31-20-11-18-29(24-31)41-39(45)36(26-13-6-4-7-14-26)49-32-21-12-19-30(25-32)40-38(44)33(42-37(43)27-15-8-5-9-16-27)23-28-17-10-22-34(47-2)35(28)48-3/h4-25,36H,1-3H3,(H,40,44)(H,41,45)(H,42,43)/b33-23+. The van der Waals surface area contributed by atoms with Gasteiger partial charge in [0, 0.05) is 33.5 Å². The fourth-order valence-electron chi connectivity index (χ4n) is 4.91. The summed E-state index contributed by atoms with van der Waals surface area (Å²) in [4.78, 5) is 41.4. The molecule has 0 aliphatic heterocycles. The molecule has 0 saturated carbocycles. The number of carbonyl (C=O) groups excluding carboxylic acids is 3. The molecule has 3 N–H and O–H groups in total. The van der Waals surface area contributed by atoms with E-state index in [1.165, 1.54) is 32.1 Å². The quantitative estimate of drug-likeness (QED) is 0.0872. The number of rotatable bonds is 13. The van der Waals surface area contributed by atoms with Crippen LogP contribution in [0.3, 0.4) is 0 Å². The Kier molecular flexibility index (Phi) is 11.7. The van der Waals surface area contributed by atoms with Gasteiger partial charge in [-0.15, -0.1) is 11.8 Å². The van der Waals surface area contributed by atoms with Crippen molar-refractivity contribution in [1.29, 1.82) is 0 Å². The van der Waals surface area contributed by atoms with E-state index in [-0.39, 0.29) is 11.6 Å². The molecule has 3 amide bonds. The number of methoxy groups -OCH3 is 3. The SMILES string of the molecule is COc1cccc(NC(=O)C(Sc2cccc(NC(=O)/C(=C\c3cccc(OC)c3OC)NC(=O)c3ccccc3)c2)c2ccccc2)c1. The number of thioether (sulfide) groups is 1. The molecule has 0 radical (unpaired) electrons. The van der Waals surface area contributed by atoms with E-state index in [0.717, 1.165) is 10.5 Å². The van der Waals surface area contributed by atoms with E-state index >= 15 is 0 Å². The van der Waals surface area contributed by atoms with Gasteiger partial charge in [0.05, 0.1) is 21.3 Å². The number of carbonyl (C=O) groups is 3. The molecular weight excluding hydrogens is 639 g/mol. The summed E-state index contributed by atoms with van der Waals surface area (Å²) < 4.78 is 16.3. The largest absolute Gasteiger partial charge is 0.497 e. The number of ether oxygens (including phenoxy) is 3. The number of hydrogen-bond donors (Lipinski definition) is 3. The molecule has 0 fully saturated rings. The number of amides is 3. The molecule has 5 rings (SSSR count). The first-order valence-corrected chi connectivity index (χ1v) is 16.1. The fourth-order valence-corrected chi connectivity index (χ4v) is 6.00. The maximum atomic E-state index is 13.8. The first-order chi connectivity index (χ1) is 23.9. The molecule has 248 valence electrons. The molecule has 9 nitrogen and oxygen atoms in total. The van der Waals surface area contributed by atoms with Gasteiger partial charge in [-0.2, -0.15) is 0 Å². The van der Waals surface area contributed by atoms with Crippen LogP contribution in [0.4, 0.5) is 11.4 Å². The van der Waals surface area contributed by atoms with Gasteiger partial charge in [0.1, 0.15) is 16.7 Å². The van der Waals surface area contributed by atoms with Gasteiger partial charge in [0.2, 0.25) is 5.91 Å². The highest BCUT2D eigenvalue weighted by molar-refractivity contribution is 8.00. The van der Waals surface area contributed by atoms with Crippen molar-refractivity contribution < 1.29 is 28.6 Å². The highest BCUT2D eigenvalue weighted by atomic mass is 32.2. The Bertz CT molecular complexity index is 1950. The van der Waals surface area contributed by atoms with Crippen molar-refractivity contribution in [2.24, 2.45) is 0 Å². The van der Waals surface area contributed by atoms with Gasteiger partial charge in [-0.05, 0) is 60.2 Å². The lowest BCUT2D eigenvalue weighted by Crippen LogP contribution is -2.30. The van der Waals surface area contributed by atoms with Crippen LogP contribution in [0.5, 0.6) is 17.2 Å². The average Bonchev–Trinajstić information content (AvgIpc) is 3.14. The Balaban J connectivity index is 1.41. The first kappa shape index (κ1) is 34.3. The molecule has 5 aromatic rings. The number of para-hydroxylation sites is 1. The Labute approximate surface area is 289 Å². The summed E-state index contributed by atoms with van der Waals surface area (Å²) in [5.74, 6) is 0.260. The molecule has 0 aliphatic carbocycles. The molecular formula is C39H35N3O6S. The van der Waals surface area contributed by atoms with Gasteiger partial charge in [0.15, 0.2) is 11.5 Å². The monoisotopic (exact) mass is 673 g/mol. The molecule has 0 aliphatic rings. The van der Waals surface area contributed by atoms with Gasteiger partial charge in [-0.25, -0.2) is 0 Å². The van der Waals surface area contributed by atoms with Crippen LogP contribution in [0.1, 0.15) is 26.7 Å². The van der Waals surface area contributed by atoms with Crippen molar-refractivity contribution in [2.45, 2.75) is 10.1 Å². The zero-order chi connectivity index (χ0) is 34.6. The molecule has 0 bridgehead atoms. The predicted molar refractivity (Wildman–Crippen MR) is 193 cm³/mol. The third kappa shape index (κ3) is 9.09. The average molecular weight is 674 g/mol. The van der Waals surface area contributed by atoms with Gasteiger partial charge in [0.25, 0.3) is 11.8 Å². The van der Waals surface area contributed by atoms with Gasteiger partial charge < -0.3 is 30.2 Å². The van der Waals surface area contributed by atoms with Crippen molar-refractivity contribution in [3.8, 4) is 17.2 Å². The van der Waals surface area contributed by atoms with Crippen molar-refractivity contribution in [3.05, 3.63) is 150 Å². The van der Waals surface area contributed by atoms with Crippen LogP contribution >= 0.6 is 11.8 Å². The zero-order valence-corrected chi connectivity index (χ0v) is 28.0. The lowest BCUT2D eigenvalue weighted by molar-refractivity contribution is -0.116. The number of anilines is 2. The summed E-state index contributed by atoms with van der Waals surface area (Å²) in [7, 11) is 4.59. The van der Waals surface area contributed by atoms with Crippen LogP contribution < -0.4 is 30.2 Å². The minimum absolute atomic E-state index is 0.0155. The van der Waals surface area contributed by atoms with Crippen LogP contribution in [0.25, 0.3) is 6.08 Å². The van der Waals surface area contributed by atoms with Crippen molar-refractivity contribution in [1.82, 2.24) is 5.32 Å². The molecule has 1 unspecified atom stereocenters. The summed E-state index contributed by atoms with van der Waals surface area (Å²) in [6, 6.07) is 37.6. The van der Waals surface area contributed by atoms with Crippen LogP contribution in [0.15, 0.2) is 138 Å². The molecule has 5 aromatic carbocycles. The smallest absolute Gasteiger partial charge is 0.272 e. The summed E-state index contributed by atoms with van der Waals surface area (Å²) in [5.41, 5.74) is 2.78. The second-order valence-electron chi connectivity index (χ2n) is 10.6. The van der Waals surface area contributed by atoms with Crippen molar-refractivity contribution in [3.63, 3.8) is 0 Å². The van der Waals surface area contributed by atoms with Gasteiger partial charge >= 0.3 is 0 Å². The summed E-state index contributed by atoms with van der Waals surface area (Å²) in [5, 5.41) is 8.03. The number of benzene rings is 5. The Morgan fingerprint density at radius 3 is 2.04 bits per heavy atom. The maximum Gasteiger partial charge on any atom is 0.272 e. The van der Waals surface area contributed by atoms with E-state index in [0.29, 0.717) is 39.8 Å². The Morgan fingerprint density at radius 2 is 1.35 bits per heavy atom. The summed E-state index contributed by atoms with van der Waals surface area (Å²) in [6.07, 6.45) is 1.53. The van der Waals surface area contributed by atoms with Crippen LogP contribution in [0.2, 0.25) is 0 Å². The lowest BCUT2D eigenvalue weighted by Gasteiger charge is -2.18. The van der Waals surface area contributed by atoms with E-state index in [1.807, 2.05) is 36.4 Å². The topological polar surface area (TPSA) is 115 Å². The highest BCUT2D eigenvalue weighted by Gasteiger charge is 2.23. The number of hydrogen-bond acceptors (Lipinski definition) is 7. The molecule has 49 heavy (non-hydrogen) atoms. The zero-order valence-electron chi connectivity index (χ0n) is 27.1. The first-order valence-electron chi connectivity index (χ1n) is 15.3. The molecule has 0 heterocycles. The third-order valence-electron chi connectivity index (χ3n) is 7.29. The van der Waals surface area contributed by atoms with Gasteiger partial charge in [-0.3, -0.25) is 14.4 Å². The van der Waals surface area contributed by atoms with Crippen LogP contribution in [-0.2, 0) is 9.59 Å². The molecule has 10 heteroatoms. The third-order valence-corrected chi connectivity index (χ3v) is 8.53. The summed E-state index contributed by atoms with van der Waals surface area (Å²) >= 11 is 1.34. The van der Waals surface area contributed by atoms with Crippen LogP contribution in [0, 0.1) is 0 Å². The van der Waals surface area contributed by atoms with E-state index in [1.54, 1.807) is 98.1 Å². The highest BCUT2D eigenvalue weighted by Crippen LogP contribution is 2.38. The molecule has 0 aromatic heterocycles.